The van der Waals surface area contributed by atoms with Gasteiger partial charge in [0.25, 0.3) is 5.91 Å². The number of rotatable bonds is 2. The van der Waals surface area contributed by atoms with E-state index < -0.39 is 17.9 Å². The molecule has 2 amide bonds. The molecule has 2 unspecified atom stereocenters. The highest BCUT2D eigenvalue weighted by molar-refractivity contribution is 6.34. The number of fused-ring (bicyclic) bond motifs is 1. The molecule has 0 N–H and O–H groups in total. The maximum atomic E-state index is 13.5. The van der Waals surface area contributed by atoms with Crippen molar-refractivity contribution in [2.24, 2.45) is 0 Å². The summed E-state index contributed by atoms with van der Waals surface area (Å²) in [5.41, 5.74) is 0.286. The first-order valence-electron chi connectivity index (χ1n) is 7.13. The standard InChI is InChI=1S/C15H16ClFN2O2/c1-2-11-14(20)18-7-3-4-12(18)15(21)19(11)13-8-9(17)5-6-10(13)16/h5-6,8,11-12H,2-4,7H2,1H3. The molecule has 0 radical (unpaired) electrons. The first-order valence-corrected chi connectivity index (χ1v) is 7.51. The Labute approximate surface area is 127 Å². The number of nitrogens with zero attached hydrogens (tertiary/aromatic N) is 2. The number of piperazine rings is 1. The molecule has 0 spiro atoms. The summed E-state index contributed by atoms with van der Waals surface area (Å²) in [6.45, 7) is 2.46. The van der Waals surface area contributed by atoms with Crippen LogP contribution in [-0.4, -0.2) is 35.3 Å². The van der Waals surface area contributed by atoms with Gasteiger partial charge in [-0.3, -0.25) is 14.5 Å². The van der Waals surface area contributed by atoms with Crippen molar-refractivity contribution in [2.45, 2.75) is 38.3 Å². The van der Waals surface area contributed by atoms with Crippen molar-refractivity contribution in [3.8, 4) is 0 Å². The zero-order valence-corrected chi connectivity index (χ0v) is 12.4. The predicted octanol–water partition coefficient (Wildman–Crippen LogP) is 2.60. The Morgan fingerprint density at radius 1 is 1.33 bits per heavy atom. The van der Waals surface area contributed by atoms with Crippen LogP contribution in [0.25, 0.3) is 0 Å². The van der Waals surface area contributed by atoms with E-state index in [9.17, 15) is 14.0 Å². The smallest absolute Gasteiger partial charge is 0.250 e. The minimum atomic E-state index is -0.605. The number of amides is 2. The maximum Gasteiger partial charge on any atom is 0.250 e. The van der Waals surface area contributed by atoms with E-state index >= 15 is 0 Å². The Bertz CT molecular complexity index is 607. The Balaban J connectivity index is 2.08. The Morgan fingerprint density at radius 2 is 2.10 bits per heavy atom. The third-order valence-corrected chi connectivity index (χ3v) is 4.53. The van der Waals surface area contributed by atoms with Crippen LogP contribution in [0, 0.1) is 5.82 Å². The molecule has 2 fully saturated rings. The second-order valence-electron chi connectivity index (χ2n) is 5.42. The average Bonchev–Trinajstić information content (AvgIpc) is 2.95. The van der Waals surface area contributed by atoms with Crippen LogP contribution in [0.1, 0.15) is 26.2 Å². The third-order valence-electron chi connectivity index (χ3n) is 4.21. The summed E-state index contributed by atoms with van der Waals surface area (Å²) in [4.78, 5) is 28.3. The highest BCUT2D eigenvalue weighted by Gasteiger charge is 2.48. The molecule has 21 heavy (non-hydrogen) atoms. The van der Waals surface area contributed by atoms with Crippen LogP contribution in [0.4, 0.5) is 10.1 Å². The summed E-state index contributed by atoms with van der Waals surface area (Å²) in [6.07, 6.45) is 1.95. The van der Waals surface area contributed by atoms with E-state index in [0.717, 1.165) is 6.42 Å². The molecule has 6 heteroatoms. The quantitative estimate of drug-likeness (QED) is 0.842. The van der Waals surface area contributed by atoms with Gasteiger partial charge in [-0.2, -0.15) is 0 Å². The lowest BCUT2D eigenvalue weighted by atomic mass is 10.0. The average molecular weight is 311 g/mol. The molecule has 0 saturated carbocycles. The molecular formula is C15H16ClFN2O2. The Hall–Kier alpha value is -1.62. The molecule has 0 aromatic heterocycles. The van der Waals surface area contributed by atoms with Gasteiger partial charge in [0.1, 0.15) is 17.9 Å². The van der Waals surface area contributed by atoms with Gasteiger partial charge < -0.3 is 4.90 Å². The highest BCUT2D eigenvalue weighted by Crippen LogP contribution is 2.35. The van der Waals surface area contributed by atoms with Gasteiger partial charge >= 0.3 is 0 Å². The first kappa shape index (κ1) is 14.3. The van der Waals surface area contributed by atoms with Crippen molar-refractivity contribution in [2.75, 3.05) is 11.4 Å². The molecular weight excluding hydrogens is 295 g/mol. The molecule has 2 atom stereocenters. The van der Waals surface area contributed by atoms with Crippen LogP contribution >= 0.6 is 11.6 Å². The van der Waals surface area contributed by atoms with E-state index in [4.69, 9.17) is 11.6 Å². The van der Waals surface area contributed by atoms with Gasteiger partial charge in [0.2, 0.25) is 5.91 Å². The zero-order valence-electron chi connectivity index (χ0n) is 11.7. The summed E-state index contributed by atoms with van der Waals surface area (Å²) in [7, 11) is 0. The van der Waals surface area contributed by atoms with Crippen LogP contribution in [0.3, 0.4) is 0 Å². The fourth-order valence-electron chi connectivity index (χ4n) is 3.22. The fourth-order valence-corrected chi connectivity index (χ4v) is 3.43. The molecule has 0 aliphatic carbocycles. The number of anilines is 1. The lowest BCUT2D eigenvalue weighted by Crippen LogP contribution is -2.63. The summed E-state index contributed by atoms with van der Waals surface area (Å²) < 4.78 is 13.5. The first-order chi connectivity index (χ1) is 10.0. The van der Waals surface area contributed by atoms with Gasteiger partial charge in [-0.05, 0) is 37.5 Å². The summed E-state index contributed by atoms with van der Waals surface area (Å²) in [5.74, 6) is -0.704. The number of carbonyl (C=O) groups excluding carboxylic acids is 2. The Morgan fingerprint density at radius 3 is 2.81 bits per heavy atom. The van der Waals surface area contributed by atoms with Crippen molar-refractivity contribution in [3.63, 3.8) is 0 Å². The van der Waals surface area contributed by atoms with Gasteiger partial charge in [-0.15, -0.1) is 0 Å². The number of halogens is 2. The van der Waals surface area contributed by atoms with Crippen LogP contribution in [-0.2, 0) is 9.59 Å². The highest BCUT2D eigenvalue weighted by atomic mass is 35.5. The molecule has 2 saturated heterocycles. The van der Waals surface area contributed by atoms with Crippen molar-refractivity contribution in [1.29, 1.82) is 0 Å². The van der Waals surface area contributed by atoms with Gasteiger partial charge in [0.15, 0.2) is 0 Å². The second kappa shape index (κ2) is 5.30. The number of hydrogen-bond donors (Lipinski definition) is 0. The maximum absolute atomic E-state index is 13.5. The monoisotopic (exact) mass is 310 g/mol. The zero-order chi connectivity index (χ0) is 15.1. The lowest BCUT2D eigenvalue weighted by Gasteiger charge is -2.42. The number of carbonyl (C=O) groups is 2. The molecule has 2 heterocycles. The van der Waals surface area contributed by atoms with E-state index in [0.29, 0.717) is 19.4 Å². The summed E-state index contributed by atoms with van der Waals surface area (Å²) in [5, 5.41) is 0.280. The predicted molar refractivity (Wildman–Crippen MR) is 77.7 cm³/mol. The normalized spacial score (nSPS) is 25.5. The van der Waals surface area contributed by atoms with Crippen molar-refractivity contribution < 1.29 is 14.0 Å². The Kier molecular flexibility index (Phi) is 3.61. The topological polar surface area (TPSA) is 40.6 Å². The molecule has 112 valence electrons. The SMILES string of the molecule is CCC1C(=O)N2CCCC2C(=O)N1c1cc(F)ccc1Cl. The molecule has 2 aliphatic heterocycles. The lowest BCUT2D eigenvalue weighted by molar-refractivity contribution is -0.144. The molecule has 0 bridgehead atoms. The fraction of sp³-hybridized carbons (Fsp3) is 0.467. The minimum absolute atomic E-state index is 0.0695. The molecule has 1 aromatic carbocycles. The molecule has 2 aliphatic rings. The summed E-state index contributed by atoms with van der Waals surface area (Å²) >= 11 is 6.12. The number of benzene rings is 1. The molecule has 3 rings (SSSR count). The van der Waals surface area contributed by atoms with E-state index in [1.165, 1.54) is 23.1 Å². The van der Waals surface area contributed by atoms with Crippen LogP contribution in [0.5, 0.6) is 0 Å². The largest absolute Gasteiger partial charge is 0.329 e. The van der Waals surface area contributed by atoms with E-state index in [-0.39, 0.29) is 22.5 Å². The minimum Gasteiger partial charge on any atom is -0.329 e. The van der Waals surface area contributed by atoms with Crippen molar-refractivity contribution in [1.82, 2.24) is 4.90 Å². The van der Waals surface area contributed by atoms with Crippen molar-refractivity contribution >= 4 is 29.1 Å². The van der Waals surface area contributed by atoms with Crippen LogP contribution in [0.2, 0.25) is 5.02 Å². The van der Waals surface area contributed by atoms with Crippen LogP contribution in [0.15, 0.2) is 18.2 Å². The van der Waals surface area contributed by atoms with E-state index in [1.54, 1.807) is 4.90 Å². The summed E-state index contributed by atoms with van der Waals surface area (Å²) in [6, 6.07) is 2.84. The van der Waals surface area contributed by atoms with Gasteiger partial charge in [-0.25, -0.2) is 4.39 Å². The van der Waals surface area contributed by atoms with Crippen molar-refractivity contribution in [3.05, 3.63) is 29.0 Å². The van der Waals surface area contributed by atoms with E-state index in [1.807, 2.05) is 6.92 Å². The molecule has 4 nitrogen and oxygen atoms in total. The second-order valence-corrected chi connectivity index (χ2v) is 5.82. The van der Waals surface area contributed by atoms with Gasteiger partial charge in [0, 0.05) is 6.54 Å². The third kappa shape index (κ3) is 2.20. The molecule has 1 aromatic rings. The van der Waals surface area contributed by atoms with Gasteiger partial charge in [-0.1, -0.05) is 18.5 Å². The van der Waals surface area contributed by atoms with Gasteiger partial charge in [0.05, 0.1) is 10.7 Å². The van der Waals surface area contributed by atoms with Crippen LogP contribution < -0.4 is 4.90 Å². The number of hydrogen-bond acceptors (Lipinski definition) is 2. The van der Waals surface area contributed by atoms with E-state index in [2.05, 4.69) is 0 Å².